The fourth-order valence-electron chi connectivity index (χ4n) is 7.41. The highest BCUT2D eigenvalue weighted by Gasteiger charge is 2.52. The second kappa shape index (κ2) is 17.3. The van der Waals surface area contributed by atoms with Crippen molar-refractivity contribution in [1.29, 1.82) is 0 Å². The monoisotopic (exact) mass is 714 g/mol. The second-order valence-electron chi connectivity index (χ2n) is 14.6. The van der Waals surface area contributed by atoms with Crippen molar-refractivity contribution >= 4 is 11.8 Å². The molecule has 3 fully saturated rings. The summed E-state index contributed by atoms with van der Waals surface area (Å²) in [6.07, 6.45) is -3.96. The number of hydrogen-bond donors (Lipinski definition) is 4. The molecule has 4 aliphatic rings. The van der Waals surface area contributed by atoms with Crippen LogP contribution in [0.15, 0.2) is 24.3 Å². The normalized spacial score (nSPS) is 48.3. The van der Waals surface area contributed by atoms with E-state index in [1.807, 2.05) is 20.8 Å². The van der Waals surface area contributed by atoms with Crippen LogP contribution in [0.25, 0.3) is 0 Å². The number of cyclic esters (lactones) is 1. The minimum atomic E-state index is -1.85. The summed E-state index contributed by atoms with van der Waals surface area (Å²) in [4.78, 5) is 26.5. The van der Waals surface area contributed by atoms with E-state index in [1.165, 1.54) is 33.3 Å². The summed E-state index contributed by atoms with van der Waals surface area (Å²) in [5.74, 6) is -2.25. The standard InChI is InChI=1S/C36H58O14/c1-17-10-13-27(39)47-21(5)24(16-45-34-32(44-9)31(43-8)28(40)22(6)48-34)30-26(49-30)12-11-25(38)18(2)14-19(3)29(17)50-35-33(41)36(42,23(7)37)15-20(4)46-35/h10-13,17-24,26,28-35,37,40-42H,14-16H2,1-9H3/b12-11+,13-10+/t17-,18+,19-,20?,21+,22+,23-,24?,26+,28+,29+,30-,31+,32+,33-,34+,35?,36-/m0/s1. The summed E-state index contributed by atoms with van der Waals surface area (Å²) in [5.41, 5.74) is -1.85. The highest BCUT2D eigenvalue weighted by atomic mass is 16.7. The van der Waals surface area contributed by atoms with E-state index in [0.29, 0.717) is 6.42 Å². The SMILES string of the molecule is CO[C@@H]1[C@H](O)[C@@H](C)O[C@@H](OCC2[C@@H](C)OC(=O)/C=C/[C@H](C)[C@@H](OC3OC(C)C[C@](O)([C@H](C)O)[C@H]3O)[C@@H](C)C[C@@H](C)C(=O)/C=C/[C@H]3O[C@@H]23)[C@@H]1OC. The number of rotatable bonds is 8. The molecule has 0 bridgehead atoms. The lowest BCUT2D eigenvalue weighted by atomic mass is 9.82. The molecule has 14 heteroatoms. The highest BCUT2D eigenvalue weighted by molar-refractivity contribution is 5.91. The summed E-state index contributed by atoms with van der Waals surface area (Å²) >= 11 is 0. The van der Waals surface area contributed by atoms with E-state index in [2.05, 4.69) is 0 Å². The predicted octanol–water partition coefficient (Wildman–Crippen LogP) is 1.44. The van der Waals surface area contributed by atoms with Gasteiger partial charge in [0, 0.05) is 44.5 Å². The quantitative estimate of drug-likeness (QED) is 0.209. The largest absolute Gasteiger partial charge is 0.459 e. The van der Waals surface area contributed by atoms with Crippen LogP contribution in [0.2, 0.25) is 0 Å². The van der Waals surface area contributed by atoms with Gasteiger partial charge in [-0.15, -0.1) is 0 Å². The number of aliphatic hydroxyl groups is 4. The van der Waals surface area contributed by atoms with Gasteiger partial charge in [-0.25, -0.2) is 4.79 Å². The first-order valence-corrected chi connectivity index (χ1v) is 17.7. The van der Waals surface area contributed by atoms with Crippen molar-refractivity contribution in [1.82, 2.24) is 0 Å². The summed E-state index contributed by atoms with van der Waals surface area (Å²) in [6, 6.07) is 0. The van der Waals surface area contributed by atoms with Crippen molar-refractivity contribution in [2.75, 3.05) is 20.8 Å². The molecule has 0 aliphatic carbocycles. The molecule has 0 spiro atoms. The van der Waals surface area contributed by atoms with Crippen LogP contribution in [0.1, 0.15) is 61.3 Å². The molecule has 0 amide bonds. The fourth-order valence-corrected chi connectivity index (χ4v) is 7.41. The van der Waals surface area contributed by atoms with E-state index >= 15 is 0 Å². The van der Waals surface area contributed by atoms with Gasteiger partial charge < -0.3 is 58.3 Å². The van der Waals surface area contributed by atoms with Gasteiger partial charge in [0.1, 0.15) is 42.2 Å². The molecule has 3 unspecified atom stereocenters. The Balaban J connectivity index is 1.54. The number of carbonyl (C=O) groups excluding carboxylic acids is 2. The Hall–Kier alpha value is -1.82. The predicted molar refractivity (Wildman–Crippen MR) is 177 cm³/mol. The maximum atomic E-state index is 13.3. The van der Waals surface area contributed by atoms with Gasteiger partial charge >= 0.3 is 5.97 Å². The number of methoxy groups -OCH3 is 2. The minimum Gasteiger partial charge on any atom is -0.459 e. The van der Waals surface area contributed by atoms with Crippen LogP contribution in [0.3, 0.4) is 0 Å². The van der Waals surface area contributed by atoms with Crippen LogP contribution >= 0.6 is 0 Å². The van der Waals surface area contributed by atoms with Crippen molar-refractivity contribution in [3.8, 4) is 0 Å². The Bertz CT molecular complexity index is 1190. The Morgan fingerprint density at radius 3 is 2.22 bits per heavy atom. The molecule has 0 saturated carbocycles. The molecule has 4 N–H and O–H groups in total. The first-order chi connectivity index (χ1) is 23.5. The Kier molecular flexibility index (Phi) is 14.2. The van der Waals surface area contributed by atoms with E-state index in [-0.39, 0.29) is 24.7 Å². The second-order valence-corrected chi connectivity index (χ2v) is 14.6. The summed E-state index contributed by atoms with van der Waals surface area (Å²) in [5, 5.41) is 43.0. The summed E-state index contributed by atoms with van der Waals surface area (Å²) in [6.45, 7) is 12.2. The zero-order valence-electron chi connectivity index (χ0n) is 30.6. The molecule has 0 aromatic rings. The van der Waals surface area contributed by atoms with E-state index in [0.717, 1.165) is 0 Å². The van der Waals surface area contributed by atoms with Crippen LogP contribution in [0, 0.1) is 23.7 Å². The number of epoxide rings is 1. The van der Waals surface area contributed by atoms with Gasteiger partial charge in [0.05, 0.1) is 37.1 Å². The first-order valence-electron chi connectivity index (χ1n) is 17.7. The van der Waals surface area contributed by atoms with Crippen molar-refractivity contribution < 1.29 is 67.9 Å². The fraction of sp³-hybridized carbons (Fsp3) is 0.833. The lowest BCUT2D eigenvalue weighted by Crippen LogP contribution is -2.63. The lowest BCUT2D eigenvalue weighted by molar-refractivity contribution is -0.322. The van der Waals surface area contributed by atoms with Crippen molar-refractivity contribution in [3.05, 3.63) is 24.3 Å². The molecule has 4 rings (SSSR count). The molecule has 3 saturated heterocycles. The van der Waals surface area contributed by atoms with Gasteiger partial charge in [-0.05, 0) is 52.2 Å². The van der Waals surface area contributed by atoms with Crippen molar-refractivity contribution in [3.63, 3.8) is 0 Å². The van der Waals surface area contributed by atoms with Crippen LogP contribution < -0.4 is 0 Å². The number of aliphatic hydroxyl groups excluding tert-OH is 3. The van der Waals surface area contributed by atoms with E-state index in [1.54, 1.807) is 32.9 Å². The Labute approximate surface area is 295 Å². The molecule has 50 heavy (non-hydrogen) atoms. The summed E-state index contributed by atoms with van der Waals surface area (Å²) < 4.78 is 47.2. The van der Waals surface area contributed by atoms with Gasteiger partial charge in [-0.2, -0.15) is 0 Å². The number of carbonyl (C=O) groups is 2. The Morgan fingerprint density at radius 1 is 0.900 bits per heavy atom. The number of esters is 1. The van der Waals surface area contributed by atoms with E-state index < -0.39 is 109 Å². The third-order valence-electron chi connectivity index (χ3n) is 10.7. The van der Waals surface area contributed by atoms with Gasteiger partial charge in [-0.3, -0.25) is 4.79 Å². The molecule has 14 nitrogen and oxygen atoms in total. The smallest absolute Gasteiger partial charge is 0.330 e. The molecule has 0 aromatic heterocycles. The first kappa shape index (κ1) is 40.9. The van der Waals surface area contributed by atoms with Gasteiger partial charge in [-0.1, -0.05) is 26.8 Å². The minimum absolute atomic E-state index is 0.0113. The number of fused-ring (bicyclic) bond motifs is 1. The van der Waals surface area contributed by atoms with Gasteiger partial charge in [0.25, 0.3) is 0 Å². The average Bonchev–Trinajstić information content (AvgIpc) is 3.83. The molecule has 286 valence electrons. The van der Waals surface area contributed by atoms with Crippen LogP contribution in [0.4, 0.5) is 0 Å². The zero-order chi connectivity index (χ0) is 37.1. The molecule has 4 aliphatic heterocycles. The highest BCUT2D eigenvalue weighted by Crippen LogP contribution is 2.38. The Morgan fingerprint density at radius 2 is 1.58 bits per heavy atom. The lowest BCUT2D eigenvalue weighted by Gasteiger charge is -2.47. The molecular weight excluding hydrogens is 656 g/mol. The van der Waals surface area contributed by atoms with Crippen molar-refractivity contribution in [2.24, 2.45) is 23.7 Å². The number of hydrogen-bond acceptors (Lipinski definition) is 14. The van der Waals surface area contributed by atoms with Crippen LogP contribution in [-0.4, -0.2) is 138 Å². The van der Waals surface area contributed by atoms with E-state index in [9.17, 15) is 30.0 Å². The topological polar surface area (TPSA) is 192 Å². The average molecular weight is 715 g/mol. The van der Waals surface area contributed by atoms with E-state index in [4.69, 9.17) is 37.9 Å². The van der Waals surface area contributed by atoms with Crippen molar-refractivity contribution in [2.45, 2.75) is 147 Å². The molecule has 4 heterocycles. The van der Waals surface area contributed by atoms with Crippen LogP contribution in [-0.2, 0) is 47.5 Å². The summed E-state index contributed by atoms with van der Waals surface area (Å²) in [7, 11) is 2.95. The number of allylic oxidation sites excluding steroid dienone is 1. The zero-order valence-corrected chi connectivity index (χ0v) is 30.6. The molecule has 18 atom stereocenters. The van der Waals surface area contributed by atoms with Gasteiger partial charge in [0.15, 0.2) is 18.4 Å². The van der Waals surface area contributed by atoms with Gasteiger partial charge in [0.2, 0.25) is 0 Å². The maximum absolute atomic E-state index is 13.3. The van der Waals surface area contributed by atoms with Crippen LogP contribution in [0.5, 0.6) is 0 Å². The number of ketones is 1. The number of ether oxygens (including phenoxy) is 8. The third kappa shape index (κ3) is 9.39. The molecule has 0 radical (unpaired) electrons. The third-order valence-corrected chi connectivity index (χ3v) is 10.7. The molecular formula is C36H58O14. The maximum Gasteiger partial charge on any atom is 0.330 e. The molecule has 0 aromatic carbocycles.